The van der Waals surface area contributed by atoms with Gasteiger partial charge in [-0.25, -0.2) is 0 Å². The number of aromatic nitrogens is 4. The van der Waals surface area contributed by atoms with E-state index in [1.54, 1.807) is 6.07 Å². The first kappa shape index (κ1) is 17.1. The molecule has 0 saturated heterocycles. The summed E-state index contributed by atoms with van der Waals surface area (Å²) in [6.07, 6.45) is 1.96. The highest BCUT2D eigenvalue weighted by atomic mass is 16.7. The number of hydrogen-bond acceptors (Lipinski definition) is 5. The first-order chi connectivity index (χ1) is 13.0. The van der Waals surface area contributed by atoms with Crippen LogP contribution >= 0.6 is 0 Å². The van der Waals surface area contributed by atoms with Gasteiger partial charge in [-0.15, -0.1) is 0 Å². The van der Waals surface area contributed by atoms with Crippen LogP contribution in [0.1, 0.15) is 41.6 Å². The highest BCUT2D eigenvalue weighted by Gasteiger charge is 2.19. The molecular weight excluding hydrogens is 346 g/mol. The van der Waals surface area contributed by atoms with E-state index in [0.29, 0.717) is 22.9 Å². The zero-order chi connectivity index (χ0) is 19.0. The lowest BCUT2D eigenvalue weighted by Gasteiger charge is -2.12. The minimum absolute atomic E-state index is 0.157. The number of ether oxygens (including phenoxy) is 2. The van der Waals surface area contributed by atoms with Gasteiger partial charge in [0.05, 0.1) is 17.4 Å². The lowest BCUT2D eigenvalue weighted by Crippen LogP contribution is -2.27. The van der Waals surface area contributed by atoms with E-state index in [1.165, 1.54) is 0 Å². The summed E-state index contributed by atoms with van der Waals surface area (Å²) in [5, 5.41) is 14.5. The van der Waals surface area contributed by atoms with Crippen molar-refractivity contribution in [1.82, 2.24) is 25.3 Å². The Kier molecular flexibility index (Phi) is 4.31. The van der Waals surface area contributed by atoms with Crippen LogP contribution in [0.2, 0.25) is 0 Å². The summed E-state index contributed by atoms with van der Waals surface area (Å²) in [4.78, 5) is 12.6. The third kappa shape index (κ3) is 3.25. The average Bonchev–Trinajstić information content (AvgIpc) is 3.39. The first-order valence-corrected chi connectivity index (χ1v) is 8.85. The van der Waals surface area contributed by atoms with E-state index < -0.39 is 0 Å². The molecule has 0 spiro atoms. The Morgan fingerprint density at radius 2 is 2.15 bits per heavy atom. The topological polar surface area (TPSA) is 94.1 Å². The fraction of sp³-hybridized carbons (Fsp3) is 0.316. The molecule has 27 heavy (non-hydrogen) atoms. The van der Waals surface area contributed by atoms with E-state index in [1.807, 2.05) is 49.8 Å². The van der Waals surface area contributed by atoms with E-state index in [-0.39, 0.29) is 18.7 Å². The van der Waals surface area contributed by atoms with Gasteiger partial charge in [-0.3, -0.25) is 14.6 Å². The molecule has 1 atom stereocenters. The number of hydrogen-bond donors (Lipinski definition) is 2. The molecule has 0 bridgehead atoms. The van der Waals surface area contributed by atoms with Gasteiger partial charge in [0.1, 0.15) is 5.69 Å². The fourth-order valence-corrected chi connectivity index (χ4v) is 3.11. The van der Waals surface area contributed by atoms with Gasteiger partial charge >= 0.3 is 0 Å². The molecule has 1 amide bonds. The van der Waals surface area contributed by atoms with Crippen molar-refractivity contribution in [3.63, 3.8) is 0 Å². The Bertz CT molecular complexity index is 991. The molecule has 1 unspecified atom stereocenters. The number of H-pyrrole nitrogens is 1. The Hall–Kier alpha value is -3.29. The largest absolute Gasteiger partial charge is 0.454 e. The third-order valence-electron chi connectivity index (χ3n) is 4.61. The normalized spacial score (nSPS) is 13.6. The predicted molar refractivity (Wildman–Crippen MR) is 98.7 cm³/mol. The molecule has 0 saturated carbocycles. The highest BCUT2D eigenvalue weighted by Crippen LogP contribution is 2.35. The number of aryl methyl sites for hydroxylation is 2. The molecule has 2 N–H and O–H groups in total. The van der Waals surface area contributed by atoms with Crippen LogP contribution in [0.4, 0.5) is 0 Å². The number of nitrogens with zero attached hydrogens (tertiary/aromatic N) is 3. The number of nitrogens with one attached hydrogen (secondary N) is 2. The number of fused-ring (bicyclic) bond motifs is 1. The van der Waals surface area contributed by atoms with Crippen molar-refractivity contribution < 1.29 is 14.3 Å². The molecule has 8 nitrogen and oxygen atoms in total. The molecule has 140 valence electrons. The zero-order valence-corrected chi connectivity index (χ0v) is 15.4. The van der Waals surface area contributed by atoms with E-state index in [4.69, 9.17) is 9.47 Å². The summed E-state index contributed by atoms with van der Waals surface area (Å²) < 4.78 is 12.6. The third-order valence-corrected chi connectivity index (χ3v) is 4.61. The molecule has 3 heterocycles. The zero-order valence-electron chi connectivity index (χ0n) is 15.4. The molecule has 0 fully saturated rings. The molecule has 1 aliphatic rings. The van der Waals surface area contributed by atoms with Crippen molar-refractivity contribution in [3.05, 3.63) is 47.4 Å². The monoisotopic (exact) mass is 367 g/mol. The first-order valence-electron chi connectivity index (χ1n) is 8.85. The van der Waals surface area contributed by atoms with Gasteiger partial charge in [-0.2, -0.15) is 10.2 Å². The standard InChI is InChI=1S/C19H21N5O3/c1-4-24-9-14(12(3)23-24)11(2)20-19(25)16-8-15(21-22-16)13-5-6-17-18(7-13)27-10-26-17/h5-9,11H,4,10H2,1-3H3,(H,20,25)(H,21,22). The van der Waals surface area contributed by atoms with Crippen molar-refractivity contribution in [2.45, 2.75) is 33.4 Å². The van der Waals surface area contributed by atoms with Crippen LogP contribution < -0.4 is 14.8 Å². The molecule has 3 aromatic rings. The van der Waals surface area contributed by atoms with Gasteiger partial charge in [0.15, 0.2) is 11.5 Å². The van der Waals surface area contributed by atoms with Gasteiger partial charge in [-0.1, -0.05) is 0 Å². The number of rotatable bonds is 5. The second-order valence-corrected chi connectivity index (χ2v) is 6.46. The average molecular weight is 367 g/mol. The summed E-state index contributed by atoms with van der Waals surface area (Å²) in [7, 11) is 0. The molecule has 1 aromatic carbocycles. The van der Waals surface area contributed by atoms with Crippen LogP contribution in [-0.4, -0.2) is 32.7 Å². The number of carbonyl (C=O) groups is 1. The maximum absolute atomic E-state index is 12.6. The molecule has 0 aliphatic carbocycles. The van der Waals surface area contributed by atoms with Gasteiger partial charge in [0.25, 0.3) is 5.91 Å². The van der Waals surface area contributed by atoms with Crippen molar-refractivity contribution in [1.29, 1.82) is 0 Å². The highest BCUT2D eigenvalue weighted by molar-refractivity contribution is 5.93. The molecule has 0 radical (unpaired) electrons. The molecular formula is C19H21N5O3. The molecule has 2 aromatic heterocycles. The second-order valence-electron chi connectivity index (χ2n) is 6.46. The summed E-state index contributed by atoms with van der Waals surface area (Å²) in [6.45, 7) is 6.93. The van der Waals surface area contributed by atoms with E-state index >= 15 is 0 Å². The molecule has 1 aliphatic heterocycles. The Morgan fingerprint density at radius 1 is 1.33 bits per heavy atom. The van der Waals surface area contributed by atoms with Gasteiger partial charge in [0, 0.05) is 23.9 Å². The number of carbonyl (C=O) groups excluding carboxylic acids is 1. The predicted octanol–water partition coefficient (Wildman–Crippen LogP) is 2.82. The van der Waals surface area contributed by atoms with Crippen LogP contribution in [0.3, 0.4) is 0 Å². The second kappa shape index (κ2) is 6.79. The van der Waals surface area contributed by atoms with Crippen LogP contribution in [0.25, 0.3) is 11.3 Å². The number of aromatic amines is 1. The van der Waals surface area contributed by atoms with Crippen LogP contribution in [-0.2, 0) is 6.54 Å². The van der Waals surface area contributed by atoms with E-state index in [2.05, 4.69) is 20.6 Å². The van der Waals surface area contributed by atoms with Gasteiger partial charge < -0.3 is 14.8 Å². The number of amides is 1. The molecule has 8 heteroatoms. The van der Waals surface area contributed by atoms with Crippen molar-refractivity contribution in [2.75, 3.05) is 6.79 Å². The fourth-order valence-electron chi connectivity index (χ4n) is 3.11. The van der Waals surface area contributed by atoms with Gasteiger partial charge in [0.2, 0.25) is 6.79 Å². The van der Waals surface area contributed by atoms with E-state index in [9.17, 15) is 4.79 Å². The van der Waals surface area contributed by atoms with Crippen molar-refractivity contribution in [2.24, 2.45) is 0 Å². The number of benzene rings is 1. The smallest absolute Gasteiger partial charge is 0.269 e. The van der Waals surface area contributed by atoms with Crippen LogP contribution in [0.15, 0.2) is 30.5 Å². The summed E-state index contributed by atoms with van der Waals surface area (Å²) in [5.41, 5.74) is 3.83. The quantitative estimate of drug-likeness (QED) is 0.723. The SMILES string of the molecule is CCn1cc(C(C)NC(=O)c2cc(-c3ccc4c(c3)OCO4)n[nH]2)c(C)n1. The van der Waals surface area contributed by atoms with Gasteiger partial charge in [-0.05, 0) is 45.0 Å². The maximum Gasteiger partial charge on any atom is 0.269 e. The van der Waals surface area contributed by atoms with Crippen LogP contribution in [0, 0.1) is 6.92 Å². The van der Waals surface area contributed by atoms with E-state index in [0.717, 1.165) is 23.4 Å². The van der Waals surface area contributed by atoms with Crippen molar-refractivity contribution >= 4 is 5.91 Å². The summed E-state index contributed by atoms with van der Waals surface area (Å²) in [5.74, 6) is 1.17. The van der Waals surface area contributed by atoms with Crippen molar-refractivity contribution in [3.8, 4) is 22.8 Å². The Morgan fingerprint density at radius 3 is 2.93 bits per heavy atom. The molecule has 4 rings (SSSR count). The lowest BCUT2D eigenvalue weighted by atomic mass is 10.1. The lowest BCUT2D eigenvalue weighted by molar-refractivity contribution is 0.0934. The minimum atomic E-state index is -0.217. The maximum atomic E-state index is 12.6. The minimum Gasteiger partial charge on any atom is -0.454 e. The Labute approximate surface area is 156 Å². The summed E-state index contributed by atoms with van der Waals surface area (Å²) in [6, 6.07) is 7.14. The van der Waals surface area contributed by atoms with Crippen LogP contribution in [0.5, 0.6) is 11.5 Å². The Balaban J connectivity index is 1.49. The summed E-state index contributed by atoms with van der Waals surface area (Å²) >= 11 is 0.